The van der Waals surface area contributed by atoms with Crippen LogP contribution in [0.15, 0.2) is 48.8 Å². The smallest absolute Gasteiger partial charge is 0.260 e. The largest absolute Gasteiger partial charge is 0.322 e. The molecule has 2 aromatic rings. The van der Waals surface area contributed by atoms with Gasteiger partial charge in [0.1, 0.15) is 5.82 Å². The highest BCUT2D eigenvalue weighted by Crippen LogP contribution is 2.10. The summed E-state index contributed by atoms with van der Waals surface area (Å²) in [6.45, 7) is 0. The molecule has 16 heavy (non-hydrogen) atoms. The molecule has 0 aliphatic heterocycles. The van der Waals surface area contributed by atoms with Crippen molar-refractivity contribution in [2.75, 3.05) is 5.32 Å². The Hall–Kier alpha value is -2.23. The molecule has 0 saturated carbocycles. The van der Waals surface area contributed by atoms with Gasteiger partial charge in [-0.25, -0.2) is 4.39 Å². The number of hydrogen-bond donors (Lipinski definition) is 1. The van der Waals surface area contributed by atoms with Gasteiger partial charge in [0, 0.05) is 18.1 Å². The molecule has 1 heterocycles. The summed E-state index contributed by atoms with van der Waals surface area (Å²) < 4.78 is 13.2. The predicted molar refractivity (Wildman–Crippen MR) is 58.6 cm³/mol. The number of hydrogen-bond acceptors (Lipinski definition) is 2. The molecule has 4 heteroatoms. The van der Waals surface area contributed by atoms with Gasteiger partial charge in [-0.05, 0) is 18.2 Å². The third-order valence-electron chi connectivity index (χ3n) is 2.04. The molecule has 0 spiro atoms. The van der Waals surface area contributed by atoms with E-state index in [2.05, 4.69) is 10.3 Å². The molecule has 0 atom stereocenters. The van der Waals surface area contributed by atoms with Crippen molar-refractivity contribution >= 4 is 11.6 Å². The van der Waals surface area contributed by atoms with Crippen LogP contribution in [0.25, 0.3) is 0 Å². The third kappa shape index (κ3) is 2.23. The Labute approximate surface area is 92.0 Å². The molecule has 0 unspecified atom stereocenters. The van der Waals surface area contributed by atoms with Gasteiger partial charge in [0.25, 0.3) is 5.91 Å². The second kappa shape index (κ2) is 4.53. The Morgan fingerprint density at radius 3 is 2.62 bits per heavy atom. The lowest BCUT2D eigenvalue weighted by atomic mass is 10.2. The Bertz CT molecular complexity index is 499. The van der Waals surface area contributed by atoms with Crippen molar-refractivity contribution in [3.8, 4) is 0 Å². The lowest BCUT2D eigenvalue weighted by Gasteiger charge is -2.04. The average molecular weight is 216 g/mol. The summed E-state index contributed by atoms with van der Waals surface area (Å²) >= 11 is 0. The number of amides is 1. The van der Waals surface area contributed by atoms with Gasteiger partial charge in [0.15, 0.2) is 0 Å². The Morgan fingerprint density at radius 1 is 1.19 bits per heavy atom. The minimum Gasteiger partial charge on any atom is -0.322 e. The SMILES string of the molecule is O=C(Nc1ccccc1)c1cnccc1F. The first kappa shape index (κ1) is 10.3. The zero-order valence-corrected chi connectivity index (χ0v) is 8.35. The van der Waals surface area contributed by atoms with Crippen LogP contribution >= 0.6 is 0 Å². The summed E-state index contributed by atoms with van der Waals surface area (Å²) in [6.07, 6.45) is 2.50. The van der Waals surface area contributed by atoms with E-state index in [-0.39, 0.29) is 5.56 Å². The normalized spacial score (nSPS) is 9.81. The number of benzene rings is 1. The number of aromatic nitrogens is 1. The summed E-state index contributed by atoms with van der Waals surface area (Å²) in [6, 6.07) is 10.0. The number of rotatable bonds is 2. The van der Waals surface area contributed by atoms with Crippen LogP contribution in [0.3, 0.4) is 0 Å². The lowest BCUT2D eigenvalue weighted by molar-refractivity contribution is 0.102. The van der Waals surface area contributed by atoms with Crippen LogP contribution in [-0.2, 0) is 0 Å². The van der Waals surface area contributed by atoms with Crippen LogP contribution in [0.1, 0.15) is 10.4 Å². The number of para-hydroxylation sites is 1. The fraction of sp³-hybridized carbons (Fsp3) is 0. The van der Waals surface area contributed by atoms with E-state index in [0.29, 0.717) is 5.69 Å². The number of halogens is 1. The van der Waals surface area contributed by atoms with Gasteiger partial charge in [-0.1, -0.05) is 18.2 Å². The third-order valence-corrected chi connectivity index (χ3v) is 2.04. The van der Waals surface area contributed by atoms with Crippen molar-refractivity contribution in [1.82, 2.24) is 4.98 Å². The lowest BCUT2D eigenvalue weighted by Crippen LogP contribution is -2.13. The maximum atomic E-state index is 13.2. The minimum absolute atomic E-state index is 0.0636. The fourth-order valence-electron chi connectivity index (χ4n) is 1.26. The van der Waals surface area contributed by atoms with Crippen LogP contribution in [-0.4, -0.2) is 10.9 Å². The number of anilines is 1. The van der Waals surface area contributed by atoms with E-state index < -0.39 is 11.7 Å². The number of pyridine rings is 1. The molecule has 1 amide bonds. The molecule has 3 nitrogen and oxygen atoms in total. The molecule has 0 radical (unpaired) electrons. The molecule has 0 fully saturated rings. The monoisotopic (exact) mass is 216 g/mol. The van der Waals surface area contributed by atoms with E-state index in [9.17, 15) is 9.18 Å². The van der Waals surface area contributed by atoms with Gasteiger partial charge in [-0.15, -0.1) is 0 Å². The van der Waals surface area contributed by atoms with E-state index >= 15 is 0 Å². The number of carbonyl (C=O) groups excluding carboxylic acids is 1. The first-order valence-electron chi connectivity index (χ1n) is 4.73. The molecule has 1 N–H and O–H groups in total. The summed E-state index contributed by atoms with van der Waals surface area (Å²) in [7, 11) is 0. The summed E-state index contributed by atoms with van der Waals surface area (Å²) in [4.78, 5) is 15.4. The maximum Gasteiger partial charge on any atom is 0.260 e. The van der Waals surface area contributed by atoms with Crippen LogP contribution in [0.5, 0.6) is 0 Å². The minimum atomic E-state index is -0.580. The highest BCUT2D eigenvalue weighted by molar-refractivity contribution is 6.04. The van der Waals surface area contributed by atoms with Crippen LogP contribution in [0.2, 0.25) is 0 Å². The van der Waals surface area contributed by atoms with E-state index in [1.807, 2.05) is 6.07 Å². The molecular formula is C12H9FN2O. The van der Waals surface area contributed by atoms with Crippen molar-refractivity contribution in [2.45, 2.75) is 0 Å². The van der Waals surface area contributed by atoms with Gasteiger partial charge in [0.2, 0.25) is 0 Å². The molecule has 1 aromatic carbocycles. The molecule has 80 valence electrons. The van der Waals surface area contributed by atoms with E-state index in [1.54, 1.807) is 24.3 Å². The van der Waals surface area contributed by atoms with Gasteiger partial charge < -0.3 is 5.32 Å². The van der Waals surface area contributed by atoms with Crippen molar-refractivity contribution in [2.24, 2.45) is 0 Å². The van der Waals surface area contributed by atoms with Crippen molar-refractivity contribution in [3.63, 3.8) is 0 Å². The molecule has 0 bridgehead atoms. The first-order valence-corrected chi connectivity index (χ1v) is 4.73. The topological polar surface area (TPSA) is 42.0 Å². The second-order valence-corrected chi connectivity index (χ2v) is 3.18. The Kier molecular flexibility index (Phi) is 2.91. The zero-order chi connectivity index (χ0) is 11.4. The fourth-order valence-corrected chi connectivity index (χ4v) is 1.26. The zero-order valence-electron chi connectivity index (χ0n) is 8.35. The van der Waals surface area contributed by atoms with Gasteiger partial charge in [-0.3, -0.25) is 9.78 Å². The van der Waals surface area contributed by atoms with Gasteiger partial charge >= 0.3 is 0 Å². The Morgan fingerprint density at radius 2 is 1.94 bits per heavy atom. The quantitative estimate of drug-likeness (QED) is 0.837. The van der Waals surface area contributed by atoms with Gasteiger partial charge in [0.05, 0.1) is 5.56 Å². The standard InChI is InChI=1S/C12H9FN2O/c13-11-6-7-14-8-10(11)12(16)15-9-4-2-1-3-5-9/h1-8H,(H,15,16). The van der Waals surface area contributed by atoms with Crippen LogP contribution in [0.4, 0.5) is 10.1 Å². The highest BCUT2D eigenvalue weighted by Gasteiger charge is 2.10. The van der Waals surface area contributed by atoms with Gasteiger partial charge in [-0.2, -0.15) is 0 Å². The van der Waals surface area contributed by atoms with E-state index in [4.69, 9.17) is 0 Å². The first-order chi connectivity index (χ1) is 7.77. The number of nitrogens with one attached hydrogen (secondary N) is 1. The molecule has 0 saturated heterocycles. The van der Waals surface area contributed by atoms with Crippen LogP contribution < -0.4 is 5.32 Å². The number of carbonyl (C=O) groups is 1. The van der Waals surface area contributed by atoms with E-state index in [1.165, 1.54) is 12.4 Å². The van der Waals surface area contributed by atoms with Crippen molar-refractivity contribution < 1.29 is 9.18 Å². The number of nitrogens with zero attached hydrogens (tertiary/aromatic N) is 1. The summed E-state index contributed by atoms with van der Waals surface area (Å²) in [5, 5.41) is 2.58. The maximum absolute atomic E-state index is 13.2. The van der Waals surface area contributed by atoms with Crippen molar-refractivity contribution in [1.29, 1.82) is 0 Å². The van der Waals surface area contributed by atoms with Crippen LogP contribution in [0, 0.1) is 5.82 Å². The second-order valence-electron chi connectivity index (χ2n) is 3.18. The van der Waals surface area contributed by atoms with E-state index in [0.717, 1.165) is 6.07 Å². The average Bonchev–Trinajstić information content (AvgIpc) is 2.31. The molecule has 2 rings (SSSR count). The predicted octanol–water partition coefficient (Wildman–Crippen LogP) is 2.47. The van der Waals surface area contributed by atoms with Crippen molar-refractivity contribution in [3.05, 3.63) is 60.2 Å². The molecule has 1 aromatic heterocycles. The summed E-state index contributed by atoms with van der Waals surface area (Å²) in [5.74, 6) is -1.08. The molecule has 0 aliphatic rings. The molecule has 0 aliphatic carbocycles. The summed E-state index contributed by atoms with van der Waals surface area (Å²) in [5.41, 5.74) is 0.558. The Balaban J connectivity index is 2.19. The highest BCUT2D eigenvalue weighted by atomic mass is 19.1. The molecular weight excluding hydrogens is 207 g/mol.